The van der Waals surface area contributed by atoms with Crippen molar-refractivity contribution in [2.24, 2.45) is 0 Å². The summed E-state index contributed by atoms with van der Waals surface area (Å²) in [5, 5.41) is 1.42. The summed E-state index contributed by atoms with van der Waals surface area (Å²) in [7, 11) is 1.61. The van der Waals surface area contributed by atoms with Gasteiger partial charge in [0.15, 0.2) is 0 Å². The Bertz CT molecular complexity index is 1690. The molecule has 6 nitrogen and oxygen atoms in total. The number of amides is 1. The van der Waals surface area contributed by atoms with Crippen LogP contribution < -0.4 is 9.47 Å². The SMILES string of the molecule is COc1ccc2c(c1)c(CC(=O)N1CC=C(C[C@@]3(C)COc4ccccc43)CC1)c(C)n2C(=O)c1ccc(Cl)cc1. The Morgan fingerprint density at radius 3 is 2.59 bits per heavy atom. The minimum atomic E-state index is -0.162. The number of aromatic nitrogens is 1. The second-order valence-electron chi connectivity index (χ2n) is 11.2. The summed E-state index contributed by atoms with van der Waals surface area (Å²) >= 11 is 6.05. The van der Waals surface area contributed by atoms with Crippen molar-refractivity contribution in [3.63, 3.8) is 0 Å². The van der Waals surface area contributed by atoms with Crippen molar-refractivity contribution in [2.45, 2.75) is 38.5 Å². The fourth-order valence-corrected chi connectivity index (χ4v) is 6.34. The Labute approximate surface area is 245 Å². The largest absolute Gasteiger partial charge is 0.497 e. The standard InChI is InChI=1S/C34H33ClN2O4/c1-22-27(28-18-26(40-3)12-13-30(28)37(22)33(39)24-8-10-25(35)11-9-24)19-32(38)36-16-14-23(15-17-36)20-34(2)21-41-31-7-5-4-6-29(31)34/h4-14,18H,15-17,19-21H2,1-3H3/t34-/m0/s1. The van der Waals surface area contributed by atoms with E-state index in [0.717, 1.165) is 40.8 Å². The molecule has 1 aromatic heterocycles. The Morgan fingerprint density at radius 2 is 1.85 bits per heavy atom. The molecular weight excluding hydrogens is 536 g/mol. The molecule has 4 aromatic rings. The maximum Gasteiger partial charge on any atom is 0.262 e. The van der Waals surface area contributed by atoms with Crippen LogP contribution in [0.4, 0.5) is 0 Å². The molecule has 2 aliphatic rings. The first-order valence-corrected chi connectivity index (χ1v) is 14.3. The van der Waals surface area contributed by atoms with E-state index < -0.39 is 0 Å². The van der Waals surface area contributed by atoms with E-state index >= 15 is 0 Å². The minimum absolute atomic E-state index is 0.0463. The van der Waals surface area contributed by atoms with Gasteiger partial charge in [-0.3, -0.25) is 14.2 Å². The van der Waals surface area contributed by atoms with E-state index in [-0.39, 0.29) is 23.7 Å². The van der Waals surface area contributed by atoms with E-state index in [0.29, 0.717) is 36.0 Å². The summed E-state index contributed by atoms with van der Waals surface area (Å²) in [5.41, 5.74) is 5.44. The lowest BCUT2D eigenvalue weighted by Gasteiger charge is -2.30. The number of methoxy groups -OCH3 is 1. The molecule has 3 aromatic carbocycles. The highest BCUT2D eigenvalue weighted by Gasteiger charge is 2.37. The van der Waals surface area contributed by atoms with Crippen molar-refractivity contribution in [1.29, 1.82) is 0 Å². The molecule has 41 heavy (non-hydrogen) atoms. The van der Waals surface area contributed by atoms with Gasteiger partial charge in [0.05, 0.1) is 25.7 Å². The summed E-state index contributed by atoms with van der Waals surface area (Å²) in [6.07, 6.45) is 4.17. The molecule has 0 aliphatic carbocycles. The first-order chi connectivity index (χ1) is 19.8. The van der Waals surface area contributed by atoms with Gasteiger partial charge in [0.2, 0.25) is 5.91 Å². The normalized spacial score (nSPS) is 18.1. The van der Waals surface area contributed by atoms with Crippen LogP contribution in [0.3, 0.4) is 0 Å². The fourth-order valence-electron chi connectivity index (χ4n) is 6.21. The number of para-hydroxylation sites is 1. The summed E-state index contributed by atoms with van der Waals surface area (Å²) in [4.78, 5) is 29.1. The van der Waals surface area contributed by atoms with Crippen molar-refractivity contribution in [3.05, 3.63) is 106 Å². The van der Waals surface area contributed by atoms with E-state index in [1.807, 2.05) is 42.2 Å². The van der Waals surface area contributed by atoms with Gasteiger partial charge in [-0.05, 0) is 73.9 Å². The Balaban J connectivity index is 1.23. The molecule has 0 saturated heterocycles. The third kappa shape index (κ3) is 5.02. The number of carbonyl (C=O) groups excluding carboxylic acids is 2. The molecule has 0 bridgehead atoms. The van der Waals surface area contributed by atoms with Crippen LogP contribution in [-0.4, -0.2) is 48.1 Å². The molecule has 2 aliphatic heterocycles. The zero-order valence-corrected chi connectivity index (χ0v) is 24.3. The van der Waals surface area contributed by atoms with Crippen LogP contribution >= 0.6 is 11.6 Å². The zero-order valence-electron chi connectivity index (χ0n) is 23.6. The number of fused-ring (bicyclic) bond motifs is 2. The molecular formula is C34H33ClN2O4. The number of carbonyl (C=O) groups is 2. The number of benzene rings is 3. The third-order valence-electron chi connectivity index (χ3n) is 8.52. The predicted octanol–water partition coefficient (Wildman–Crippen LogP) is 6.74. The van der Waals surface area contributed by atoms with Crippen LogP contribution in [-0.2, 0) is 16.6 Å². The first kappa shape index (κ1) is 27.2. The number of hydrogen-bond donors (Lipinski definition) is 0. The number of hydrogen-bond acceptors (Lipinski definition) is 4. The van der Waals surface area contributed by atoms with Crippen molar-refractivity contribution in [2.75, 3.05) is 26.8 Å². The lowest BCUT2D eigenvalue weighted by Crippen LogP contribution is -2.37. The number of rotatable bonds is 6. The number of halogens is 1. The molecule has 7 heteroatoms. The van der Waals surface area contributed by atoms with E-state index in [4.69, 9.17) is 21.1 Å². The molecule has 1 atom stereocenters. The molecule has 0 radical (unpaired) electrons. The fraction of sp³-hybridized carbons (Fsp3) is 0.294. The Kier molecular flexibility index (Phi) is 7.12. The van der Waals surface area contributed by atoms with Crippen molar-refractivity contribution < 1.29 is 19.1 Å². The quantitative estimate of drug-likeness (QED) is 0.242. The van der Waals surface area contributed by atoms with Gasteiger partial charge in [0, 0.05) is 45.7 Å². The summed E-state index contributed by atoms with van der Waals surface area (Å²) in [5.74, 6) is 1.54. The van der Waals surface area contributed by atoms with E-state index in [1.54, 1.807) is 35.9 Å². The molecule has 0 fully saturated rings. The summed E-state index contributed by atoms with van der Waals surface area (Å²) < 4.78 is 13.1. The van der Waals surface area contributed by atoms with Crippen LogP contribution in [0, 0.1) is 6.92 Å². The highest BCUT2D eigenvalue weighted by Crippen LogP contribution is 2.43. The maximum atomic E-state index is 13.6. The van der Waals surface area contributed by atoms with Gasteiger partial charge in [0.1, 0.15) is 11.5 Å². The van der Waals surface area contributed by atoms with Gasteiger partial charge in [-0.1, -0.05) is 48.4 Å². The van der Waals surface area contributed by atoms with Crippen molar-refractivity contribution >= 4 is 34.3 Å². The topological polar surface area (TPSA) is 60.8 Å². The smallest absolute Gasteiger partial charge is 0.262 e. The van der Waals surface area contributed by atoms with Crippen LogP contribution in [0.25, 0.3) is 10.9 Å². The third-order valence-corrected chi connectivity index (χ3v) is 8.77. The molecule has 0 saturated carbocycles. The number of nitrogens with zero attached hydrogens (tertiary/aromatic N) is 2. The molecule has 1 amide bonds. The summed E-state index contributed by atoms with van der Waals surface area (Å²) in [6.45, 7) is 6.09. The first-order valence-electron chi connectivity index (χ1n) is 13.9. The summed E-state index contributed by atoms with van der Waals surface area (Å²) in [6, 6.07) is 20.8. The lowest BCUT2D eigenvalue weighted by molar-refractivity contribution is -0.130. The van der Waals surface area contributed by atoms with Crippen molar-refractivity contribution in [3.8, 4) is 11.5 Å². The van der Waals surface area contributed by atoms with Gasteiger partial charge in [-0.25, -0.2) is 0 Å². The van der Waals surface area contributed by atoms with E-state index in [9.17, 15) is 9.59 Å². The molecule has 0 unspecified atom stereocenters. The van der Waals surface area contributed by atoms with Gasteiger partial charge >= 0.3 is 0 Å². The monoisotopic (exact) mass is 568 g/mol. The van der Waals surface area contributed by atoms with Crippen LogP contribution in [0.2, 0.25) is 5.02 Å². The molecule has 0 spiro atoms. The van der Waals surface area contributed by atoms with E-state index in [1.165, 1.54) is 11.1 Å². The second kappa shape index (κ2) is 10.7. The molecule has 0 N–H and O–H groups in total. The predicted molar refractivity (Wildman–Crippen MR) is 161 cm³/mol. The van der Waals surface area contributed by atoms with E-state index in [2.05, 4.69) is 25.1 Å². The molecule has 6 rings (SSSR count). The Morgan fingerprint density at radius 1 is 1.07 bits per heavy atom. The maximum absolute atomic E-state index is 13.6. The van der Waals surface area contributed by atoms with Gasteiger partial charge in [-0.15, -0.1) is 0 Å². The average Bonchev–Trinajstić information content (AvgIpc) is 3.46. The van der Waals surface area contributed by atoms with Crippen LogP contribution in [0.15, 0.2) is 78.4 Å². The van der Waals surface area contributed by atoms with Crippen LogP contribution in [0.1, 0.15) is 46.9 Å². The molecule has 3 heterocycles. The number of ether oxygens (including phenoxy) is 2. The average molecular weight is 569 g/mol. The minimum Gasteiger partial charge on any atom is -0.497 e. The molecule has 210 valence electrons. The lowest BCUT2D eigenvalue weighted by atomic mass is 9.78. The highest BCUT2D eigenvalue weighted by molar-refractivity contribution is 6.30. The van der Waals surface area contributed by atoms with Crippen LogP contribution in [0.5, 0.6) is 11.5 Å². The van der Waals surface area contributed by atoms with Crippen molar-refractivity contribution in [1.82, 2.24) is 9.47 Å². The second-order valence-corrected chi connectivity index (χ2v) is 11.7. The highest BCUT2D eigenvalue weighted by atomic mass is 35.5. The zero-order chi connectivity index (χ0) is 28.7. The van der Waals surface area contributed by atoms with Gasteiger partial charge < -0.3 is 14.4 Å². The van der Waals surface area contributed by atoms with Gasteiger partial charge in [-0.2, -0.15) is 0 Å². The van der Waals surface area contributed by atoms with Gasteiger partial charge in [0.25, 0.3) is 5.91 Å². The Hall–Kier alpha value is -4.03.